The molecule has 4 heteroatoms. The molecule has 16 heavy (non-hydrogen) atoms. The van der Waals surface area contributed by atoms with Gasteiger partial charge in [0.15, 0.2) is 0 Å². The van der Waals surface area contributed by atoms with E-state index >= 15 is 0 Å². The number of benzene rings is 1. The van der Waals surface area contributed by atoms with Gasteiger partial charge in [-0.25, -0.2) is 4.39 Å². The summed E-state index contributed by atoms with van der Waals surface area (Å²) in [6, 6.07) is 3.08. The van der Waals surface area contributed by atoms with Gasteiger partial charge < -0.3 is 10.1 Å². The zero-order chi connectivity index (χ0) is 11.7. The first-order chi connectivity index (χ1) is 7.63. The van der Waals surface area contributed by atoms with Crippen molar-refractivity contribution in [2.45, 2.75) is 32.4 Å². The van der Waals surface area contributed by atoms with Crippen molar-refractivity contribution in [2.75, 3.05) is 6.54 Å². The average Bonchev–Trinajstić information content (AvgIpc) is 2.53. The number of halogens is 2. The second kappa shape index (κ2) is 4.72. The predicted molar refractivity (Wildman–Crippen MR) is 65.2 cm³/mol. The molecule has 0 spiro atoms. The molecular weight excluding hydrogens is 273 g/mol. The Morgan fingerprint density at radius 1 is 1.50 bits per heavy atom. The first-order valence-corrected chi connectivity index (χ1v) is 6.31. The van der Waals surface area contributed by atoms with E-state index < -0.39 is 0 Å². The van der Waals surface area contributed by atoms with Gasteiger partial charge in [0.05, 0.1) is 10.5 Å². The minimum Gasteiger partial charge on any atom is -0.487 e. The van der Waals surface area contributed by atoms with Crippen LogP contribution in [0.25, 0.3) is 0 Å². The van der Waals surface area contributed by atoms with Crippen molar-refractivity contribution in [1.29, 1.82) is 0 Å². The minimum atomic E-state index is -0.230. The Hall–Kier alpha value is -0.610. The summed E-state index contributed by atoms with van der Waals surface area (Å²) in [6.45, 7) is 5.01. The van der Waals surface area contributed by atoms with E-state index in [9.17, 15) is 4.39 Å². The summed E-state index contributed by atoms with van der Waals surface area (Å²) in [6.07, 6.45) is 1.09. The van der Waals surface area contributed by atoms with Crippen LogP contribution in [0, 0.1) is 5.82 Å². The van der Waals surface area contributed by atoms with Crippen molar-refractivity contribution in [3.63, 3.8) is 0 Å². The Morgan fingerprint density at radius 2 is 2.25 bits per heavy atom. The van der Waals surface area contributed by atoms with Crippen LogP contribution in [0.3, 0.4) is 0 Å². The lowest BCUT2D eigenvalue weighted by Crippen LogP contribution is -2.29. The van der Waals surface area contributed by atoms with Gasteiger partial charge in [-0.2, -0.15) is 0 Å². The van der Waals surface area contributed by atoms with E-state index in [0.717, 1.165) is 24.3 Å². The van der Waals surface area contributed by atoms with Crippen molar-refractivity contribution in [1.82, 2.24) is 5.32 Å². The smallest absolute Gasteiger partial charge is 0.139 e. The molecule has 0 saturated heterocycles. The Bertz CT molecular complexity index is 397. The molecule has 0 aliphatic carbocycles. The van der Waals surface area contributed by atoms with E-state index in [1.54, 1.807) is 6.07 Å². The Kier molecular flexibility index (Phi) is 3.50. The van der Waals surface area contributed by atoms with Gasteiger partial charge >= 0.3 is 0 Å². The number of ether oxygens (including phenoxy) is 1. The second-order valence-corrected chi connectivity index (χ2v) is 4.92. The molecule has 2 unspecified atom stereocenters. The van der Waals surface area contributed by atoms with Crippen LogP contribution in [0.4, 0.5) is 4.39 Å². The predicted octanol–water partition coefficient (Wildman–Crippen LogP) is 3.41. The zero-order valence-corrected chi connectivity index (χ0v) is 11.0. The number of rotatable bonds is 3. The monoisotopic (exact) mass is 287 g/mol. The topological polar surface area (TPSA) is 21.3 Å². The molecular formula is C12H15BrFNO. The quantitative estimate of drug-likeness (QED) is 0.920. The average molecular weight is 288 g/mol. The van der Waals surface area contributed by atoms with Crippen molar-refractivity contribution in [2.24, 2.45) is 0 Å². The van der Waals surface area contributed by atoms with Crippen molar-refractivity contribution < 1.29 is 9.13 Å². The second-order valence-electron chi connectivity index (χ2n) is 4.06. The SMILES string of the molecule is CCCNC1c2cc(F)cc(Br)c2OC1C. The van der Waals surface area contributed by atoms with Gasteiger partial charge in [0.2, 0.25) is 0 Å². The van der Waals surface area contributed by atoms with Crippen LogP contribution < -0.4 is 10.1 Å². The highest BCUT2D eigenvalue weighted by atomic mass is 79.9. The summed E-state index contributed by atoms with van der Waals surface area (Å²) in [5.74, 6) is 0.536. The molecule has 0 saturated carbocycles. The van der Waals surface area contributed by atoms with Crippen molar-refractivity contribution in [3.8, 4) is 5.75 Å². The molecule has 0 radical (unpaired) electrons. The number of hydrogen-bond acceptors (Lipinski definition) is 2. The van der Waals surface area contributed by atoms with Gasteiger partial charge in [-0.05, 0) is 48.0 Å². The summed E-state index contributed by atoms with van der Waals surface area (Å²) in [4.78, 5) is 0. The van der Waals surface area contributed by atoms with Crippen molar-refractivity contribution in [3.05, 3.63) is 28.0 Å². The molecule has 1 aliphatic rings. The van der Waals surface area contributed by atoms with Crippen LogP contribution in [-0.2, 0) is 0 Å². The van der Waals surface area contributed by atoms with Crippen molar-refractivity contribution >= 4 is 15.9 Å². The van der Waals surface area contributed by atoms with Gasteiger partial charge in [0.25, 0.3) is 0 Å². The highest BCUT2D eigenvalue weighted by Gasteiger charge is 2.32. The fraction of sp³-hybridized carbons (Fsp3) is 0.500. The summed E-state index contributed by atoms with van der Waals surface area (Å²) in [5, 5.41) is 3.38. The number of fused-ring (bicyclic) bond motifs is 1. The molecule has 0 fully saturated rings. The van der Waals surface area contributed by atoms with Crippen LogP contribution >= 0.6 is 15.9 Å². The third-order valence-corrected chi connectivity index (χ3v) is 3.35. The van der Waals surface area contributed by atoms with Crippen LogP contribution in [0.15, 0.2) is 16.6 Å². The molecule has 0 aromatic heterocycles. The minimum absolute atomic E-state index is 0.0413. The maximum absolute atomic E-state index is 13.3. The van der Waals surface area contributed by atoms with Crippen LogP contribution in [0.1, 0.15) is 31.9 Å². The summed E-state index contributed by atoms with van der Waals surface area (Å²) < 4.78 is 19.7. The largest absolute Gasteiger partial charge is 0.487 e. The lowest BCUT2D eigenvalue weighted by molar-refractivity contribution is 0.209. The van der Waals surface area contributed by atoms with Gasteiger partial charge in [0.1, 0.15) is 17.7 Å². The maximum atomic E-state index is 13.3. The Labute approximate surface area is 103 Å². The highest BCUT2D eigenvalue weighted by molar-refractivity contribution is 9.10. The third kappa shape index (κ3) is 2.09. The Morgan fingerprint density at radius 3 is 2.94 bits per heavy atom. The Balaban J connectivity index is 2.32. The van der Waals surface area contributed by atoms with Crippen LogP contribution in [0.2, 0.25) is 0 Å². The molecule has 2 atom stereocenters. The molecule has 1 N–H and O–H groups in total. The van der Waals surface area contributed by atoms with E-state index in [2.05, 4.69) is 28.2 Å². The fourth-order valence-corrected chi connectivity index (χ4v) is 2.56. The lowest BCUT2D eigenvalue weighted by Gasteiger charge is -2.15. The fourth-order valence-electron chi connectivity index (χ4n) is 2.02. The summed E-state index contributed by atoms with van der Waals surface area (Å²) in [5.41, 5.74) is 0.910. The lowest BCUT2D eigenvalue weighted by atomic mass is 10.0. The first kappa shape index (κ1) is 11.9. The highest BCUT2D eigenvalue weighted by Crippen LogP contribution is 2.42. The molecule has 0 amide bonds. The summed E-state index contributed by atoms with van der Waals surface area (Å²) in [7, 11) is 0. The van der Waals surface area contributed by atoms with E-state index in [1.165, 1.54) is 6.07 Å². The number of hydrogen-bond donors (Lipinski definition) is 1. The van der Waals surface area contributed by atoms with Gasteiger partial charge in [-0.1, -0.05) is 6.92 Å². The molecule has 0 bridgehead atoms. The normalized spacial score (nSPS) is 23.0. The van der Waals surface area contributed by atoms with E-state index in [-0.39, 0.29) is 18.0 Å². The molecule has 1 aromatic rings. The first-order valence-electron chi connectivity index (χ1n) is 5.52. The standard InChI is InChI=1S/C12H15BrFNO/c1-3-4-15-11-7(2)16-12-9(11)5-8(14)6-10(12)13/h5-7,11,15H,3-4H2,1-2H3. The molecule has 1 aliphatic heterocycles. The van der Waals surface area contributed by atoms with E-state index in [1.807, 2.05) is 6.92 Å². The zero-order valence-electron chi connectivity index (χ0n) is 9.39. The van der Waals surface area contributed by atoms with E-state index in [0.29, 0.717) is 4.47 Å². The van der Waals surface area contributed by atoms with E-state index in [4.69, 9.17) is 4.74 Å². The van der Waals surface area contributed by atoms with Crippen LogP contribution in [0.5, 0.6) is 5.75 Å². The molecule has 2 rings (SSSR count). The molecule has 2 nitrogen and oxygen atoms in total. The number of nitrogens with one attached hydrogen (secondary N) is 1. The summed E-state index contributed by atoms with van der Waals surface area (Å²) >= 11 is 3.33. The molecule has 88 valence electrons. The maximum Gasteiger partial charge on any atom is 0.139 e. The molecule has 1 heterocycles. The van der Waals surface area contributed by atoms with Gasteiger partial charge in [-0.15, -0.1) is 0 Å². The third-order valence-electron chi connectivity index (χ3n) is 2.76. The van der Waals surface area contributed by atoms with Crippen LogP contribution in [-0.4, -0.2) is 12.6 Å². The molecule has 1 aromatic carbocycles. The van der Waals surface area contributed by atoms with Gasteiger partial charge in [0, 0.05) is 5.56 Å². The van der Waals surface area contributed by atoms with Gasteiger partial charge in [-0.3, -0.25) is 0 Å².